The van der Waals surface area contributed by atoms with E-state index < -0.39 is 0 Å². The third kappa shape index (κ3) is 3.12. The molecule has 0 radical (unpaired) electrons. The molecule has 0 aromatic carbocycles. The molecule has 2 saturated carbocycles. The molecule has 0 aromatic heterocycles. The van der Waals surface area contributed by atoms with Crippen molar-refractivity contribution in [3.05, 3.63) is 11.1 Å². The zero-order valence-electron chi connectivity index (χ0n) is 22.3. The highest BCUT2D eigenvalue weighted by Crippen LogP contribution is 2.72. The van der Waals surface area contributed by atoms with Crippen LogP contribution in [-0.4, -0.2) is 23.3 Å². The third-order valence-electron chi connectivity index (χ3n) is 12.6. The maximum atomic E-state index is 12.3. The molecule has 1 aliphatic heterocycles. The summed E-state index contributed by atoms with van der Waals surface area (Å²) in [6, 6.07) is 0. The van der Waals surface area contributed by atoms with E-state index in [0.717, 1.165) is 25.7 Å². The summed E-state index contributed by atoms with van der Waals surface area (Å²) in [4.78, 5) is 12.3. The quantitative estimate of drug-likeness (QED) is 0.357. The number of cyclic esters (lactones) is 1. The van der Waals surface area contributed by atoms with E-state index in [9.17, 15) is 9.90 Å². The molecule has 0 amide bonds. The molecular formula is C30H48O3. The van der Waals surface area contributed by atoms with Crippen LogP contribution in [0, 0.1) is 45.3 Å². The molecule has 0 spiro atoms. The molecule has 3 heteroatoms. The predicted octanol–water partition coefficient (Wildman–Crippen LogP) is 7.07. The number of aliphatic hydroxyl groups is 1. The monoisotopic (exact) mass is 456 g/mol. The van der Waals surface area contributed by atoms with Crippen molar-refractivity contribution in [2.75, 3.05) is 0 Å². The van der Waals surface area contributed by atoms with Gasteiger partial charge in [-0.15, -0.1) is 0 Å². The lowest BCUT2D eigenvalue weighted by atomic mass is 9.43. The fourth-order valence-electron chi connectivity index (χ4n) is 10.0. The van der Waals surface area contributed by atoms with E-state index in [0.29, 0.717) is 17.8 Å². The highest BCUT2D eigenvalue weighted by Gasteiger charge is 2.63. The van der Waals surface area contributed by atoms with Gasteiger partial charge in [-0.3, -0.25) is 4.79 Å². The minimum Gasteiger partial charge on any atom is -0.462 e. The number of carbonyl (C=O) groups excluding carboxylic acids is 1. The topological polar surface area (TPSA) is 46.5 Å². The first-order chi connectivity index (χ1) is 15.4. The van der Waals surface area contributed by atoms with Crippen LogP contribution >= 0.6 is 0 Å². The van der Waals surface area contributed by atoms with Gasteiger partial charge in [0, 0.05) is 0 Å². The molecule has 186 valence electrons. The van der Waals surface area contributed by atoms with Gasteiger partial charge in [-0.1, -0.05) is 59.6 Å². The van der Waals surface area contributed by atoms with Crippen molar-refractivity contribution in [3.63, 3.8) is 0 Å². The van der Waals surface area contributed by atoms with Gasteiger partial charge in [0.05, 0.1) is 12.0 Å². The Kier molecular flexibility index (Phi) is 5.49. The normalized spacial score (nSPS) is 50.2. The SMILES string of the molecule is C[C@H]([C@@H]1CC[C@H](C)C(=O)O1)[C@H]1CC[C@@]2(C)C3=C(CC[C@]12C)[C@@]1(C)CC[C@H](O)C(C)(C)[C@@H]1CC3. The second-order valence-electron chi connectivity index (χ2n) is 14.0. The molecule has 4 aliphatic carbocycles. The van der Waals surface area contributed by atoms with Gasteiger partial charge >= 0.3 is 5.97 Å². The highest BCUT2D eigenvalue weighted by atomic mass is 16.5. The Morgan fingerprint density at radius 1 is 0.909 bits per heavy atom. The number of rotatable bonds is 2. The van der Waals surface area contributed by atoms with E-state index in [1.54, 1.807) is 11.1 Å². The summed E-state index contributed by atoms with van der Waals surface area (Å²) in [5.41, 5.74) is 4.38. The van der Waals surface area contributed by atoms with Crippen molar-refractivity contribution in [2.45, 2.75) is 125 Å². The van der Waals surface area contributed by atoms with E-state index >= 15 is 0 Å². The Bertz CT molecular complexity index is 857. The summed E-state index contributed by atoms with van der Waals surface area (Å²) in [5.74, 6) is 1.73. The largest absolute Gasteiger partial charge is 0.462 e. The zero-order valence-corrected chi connectivity index (χ0v) is 22.3. The van der Waals surface area contributed by atoms with Crippen molar-refractivity contribution in [1.82, 2.24) is 0 Å². The molecule has 1 heterocycles. The first kappa shape index (κ1) is 23.9. The Balaban J connectivity index is 1.46. The lowest BCUT2D eigenvalue weighted by Crippen LogP contribution is -2.55. The third-order valence-corrected chi connectivity index (χ3v) is 12.6. The molecule has 0 aromatic rings. The first-order valence-electron chi connectivity index (χ1n) is 14.0. The molecule has 1 saturated heterocycles. The van der Waals surface area contributed by atoms with Crippen molar-refractivity contribution < 1.29 is 14.6 Å². The molecule has 5 rings (SSSR count). The Labute approximate surface area is 202 Å². The van der Waals surface area contributed by atoms with Crippen LogP contribution in [0.3, 0.4) is 0 Å². The molecule has 3 nitrogen and oxygen atoms in total. The number of esters is 1. The smallest absolute Gasteiger partial charge is 0.308 e. The molecule has 0 bridgehead atoms. The molecule has 33 heavy (non-hydrogen) atoms. The van der Waals surface area contributed by atoms with Gasteiger partial charge in [0.2, 0.25) is 0 Å². The second kappa shape index (κ2) is 7.58. The summed E-state index contributed by atoms with van der Waals surface area (Å²) in [6.07, 6.45) is 11.5. The number of fused-ring (bicyclic) bond motifs is 4. The van der Waals surface area contributed by atoms with Gasteiger partial charge < -0.3 is 9.84 Å². The number of hydrogen-bond acceptors (Lipinski definition) is 3. The number of ether oxygens (including phenoxy) is 1. The molecule has 5 aliphatic rings. The Hall–Kier alpha value is -0.830. The zero-order chi connectivity index (χ0) is 24.0. The van der Waals surface area contributed by atoms with Gasteiger partial charge in [0.25, 0.3) is 0 Å². The minimum atomic E-state index is -0.167. The standard InChI is InChI=1S/C30H48O3/c1-18-8-10-23(33-26(18)32)19(2)20-12-16-30(7)22-9-11-24-27(3,4)25(31)14-15-28(24,5)21(22)13-17-29(20,30)6/h18-20,23-25,31H,8-17H2,1-7H3/t18-,19-,20+,23-,24-,25-,28+,29+,30-/m0/s1. The summed E-state index contributed by atoms with van der Waals surface area (Å²) in [5, 5.41) is 10.8. The van der Waals surface area contributed by atoms with Gasteiger partial charge in [-0.25, -0.2) is 0 Å². The highest BCUT2D eigenvalue weighted by molar-refractivity contribution is 5.72. The first-order valence-corrected chi connectivity index (χ1v) is 14.0. The maximum absolute atomic E-state index is 12.3. The number of allylic oxidation sites excluding steroid dienone is 2. The lowest BCUT2D eigenvalue weighted by Gasteiger charge is -2.62. The lowest BCUT2D eigenvalue weighted by molar-refractivity contribution is -0.165. The summed E-state index contributed by atoms with van der Waals surface area (Å²) in [7, 11) is 0. The van der Waals surface area contributed by atoms with Crippen LogP contribution in [0.4, 0.5) is 0 Å². The average Bonchev–Trinajstić information content (AvgIpc) is 3.04. The van der Waals surface area contributed by atoms with Crippen LogP contribution < -0.4 is 0 Å². The molecule has 1 N–H and O–H groups in total. The van der Waals surface area contributed by atoms with Crippen molar-refractivity contribution in [1.29, 1.82) is 0 Å². The van der Waals surface area contributed by atoms with Crippen LogP contribution in [0.2, 0.25) is 0 Å². The van der Waals surface area contributed by atoms with Gasteiger partial charge in [-0.05, 0) is 104 Å². The Morgan fingerprint density at radius 3 is 2.33 bits per heavy atom. The van der Waals surface area contributed by atoms with Crippen LogP contribution in [0.5, 0.6) is 0 Å². The van der Waals surface area contributed by atoms with Crippen molar-refractivity contribution in [2.24, 2.45) is 45.3 Å². The van der Waals surface area contributed by atoms with Crippen LogP contribution in [0.25, 0.3) is 0 Å². The van der Waals surface area contributed by atoms with Crippen LogP contribution in [0.15, 0.2) is 11.1 Å². The Morgan fingerprint density at radius 2 is 1.64 bits per heavy atom. The fourth-order valence-corrected chi connectivity index (χ4v) is 10.0. The number of carbonyl (C=O) groups is 1. The van der Waals surface area contributed by atoms with Gasteiger partial charge in [0.15, 0.2) is 0 Å². The van der Waals surface area contributed by atoms with Gasteiger partial charge in [-0.2, -0.15) is 0 Å². The molecular weight excluding hydrogens is 408 g/mol. The van der Waals surface area contributed by atoms with Crippen LogP contribution in [0.1, 0.15) is 113 Å². The minimum absolute atomic E-state index is 0.00189. The van der Waals surface area contributed by atoms with Crippen LogP contribution in [-0.2, 0) is 9.53 Å². The second-order valence-corrected chi connectivity index (χ2v) is 14.0. The van der Waals surface area contributed by atoms with Crippen molar-refractivity contribution in [3.8, 4) is 0 Å². The van der Waals surface area contributed by atoms with Crippen molar-refractivity contribution >= 4 is 5.97 Å². The van der Waals surface area contributed by atoms with E-state index in [1.807, 2.05) is 6.92 Å². The van der Waals surface area contributed by atoms with E-state index in [-0.39, 0.29) is 45.8 Å². The number of hydrogen-bond donors (Lipinski definition) is 1. The molecule has 0 unspecified atom stereocenters. The maximum Gasteiger partial charge on any atom is 0.308 e. The summed E-state index contributed by atoms with van der Waals surface area (Å²) < 4.78 is 5.98. The summed E-state index contributed by atoms with van der Waals surface area (Å²) >= 11 is 0. The van der Waals surface area contributed by atoms with E-state index in [1.165, 1.54) is 38.5 Å². The fraction of sp³-hybridized carbons (Fsp3) is 0.900. The molecule has 9 atom stereocenters. The van der Waals surface area contributed by atoms with E-state index in [2.05, 4.69) is 41.5 Å². The average molecular weight is 457 g/mol. The predicted molar refractivity (Wildman–Crippen MR) is 132 cm³/mol. The van der Waals surface area contributed by atoms with Gasteiger partial charge in [0.1, 0.15) is 6.10 Å². The molecule has 3 fully saturated rings. The van der Waals surface area contributed by atoms with E-state index in [4.69, 9.17) is 4.74 Å². The summed E-state index contributed by atoms with van der Waals surface area (Å²) in [6.45, 7) is 16.7. The number of aliphatic hydroxyl groups excluding tert-OH is 1.